The predicted octanol–water partition coefficient (Wildman–Crippen LogP) is 7.95. The van der Waals surface area contributed by atoms with Crippen LogP contribution in [0, 0.1) is 18.8 Å². The highest BCUT2D eigenvalue weighted by Gasteiger charge is 2.33. The van der Waals surface area contributed by atoms with E-state index >= 15 is 0 Å². The summed E-state index contributed by atoms with van der Waals surface area (Å²) in [7, 11) is 1.73. The molecule has 2 aromatic carbocycles. The van der Waals surface area contributed by atoms with Gasteiger partial charge >= 0.3 is 0 Å². The van der Waals surface area contributed by atoms with Crippen LogP contribution < -0.4 is 15.0 Å². The van der Waals surface area contributed by atoms with Crippen LogP contribution in [0.2, 0.25) is 0 Å². The summed E-state index contributed by atoms with van der Waals surface area (Å²) in [5.74, 6) is 3.40. The van der Waals surface area contributed by atoms with Gasteiger partial charge in [0.15, 0.2) is 0 Å². The number of aromatic nitrogens is 3. The minimum Gasteiger partial charge on any atom is -0.496 e. The van der Waals surface area contributed by atoms with Crippen molar-refractivity contribution in [2.75, 3.05) is 18.6 Å². The molecule has 0 unspecified atom stereocenters. The predicted molar refractivity (Wildman–Crippen MR) is 190 cm³/mol. The first-order valence-corrected chi connectivity index (χ1v) is 18.5. The van der Waals surface area contributed by atoms with Crippen molar-refractivity contribution >= 4 is 28.8 Å². The molecule has 3 saturated carbocycles. The van der Waals surface area contributed by atoms with E-state index in [-0.39, 0.29) is 30.2 Å². The van der Waals surface area contributed by atoms with E-state index in [1.54, 1.807) is 30.8 Å². The maximum Gasteiger partial charge on any atom is 0.230 e. The third kappa shape index (κ3) is 7.67. The molecular formula is C39H47N5O3S. The number of hydrogen-bond acceptors (Lipinski definition) is 6. The summed E-state index contributed by atoms with van der Waals surface area (Å²) in [5, 5.41) is 4.41. The van der Waals surface area contributed by atoms with Crippen molar-refractivity contribution in [3.63, 3.8) is 0 Å². The Morgan fingerprint density at radius 3 is 2.46 bits per heavy atom. The highest BCUT2D eigenvalue weighted by molar-refractivity contribution is 7.15. The summed E-state index contributed by atoms with van der Waals surface area (Å²) in [6.07, 6.45) is 15.8. The molecule has 2 amide bonds. The first-order chi connectivity index (χ1) is 23.4. The van der Waals surface area contributed by atoms with Gasteiger partial charge in [-0.2, -0.15) is 0 Å². The van der Waals surface area contributed by atoms with Crippen LogP contribution in [0.1, 0.15) is 98.0 Å². The molecule has 0 radical (unpaired) electrons. The van der Waals surface area contributed by atoms with Gasteiger partial charge in [0.2, 0.25) is 11.8 Å². The van der Waals surface area contributed by atoms with Crippen molar-refractivity contribution in [2.24, 2.45) is 11.8 Å². The maximum atomic E-state index is 14.5. The smallest absolute Gasteiger partial charge is 0.230 e. The summed E-state index contributed by atoms with van der Waals surface area (Å²) in [4.78, 5) is 42.2. The Bertz CT molecular complexity index is 1700. The van der Waals surface area contributed by atoms with Crippen molar-refractivity contribution in [1.82, 2.24) is 20.3 Å². The maximum absolute atomic E-state index is 14.5. The number of thiazole rings is 1. The SMILES string of the molecule is COc1ccc([C@H]2CC[C@H](CN(c3cccc(-c4cnc(C5CC5)s4)c3)C(=O)[C@H]3CC[C@H](NC(=O)Cc4ncc[nH]4)CC3)CC2)cc1C. The summed E-state index contributed by atoms with van der Waals surface area (Å²) in [6.45, 7) is 2.86. The lowest BCUT2D eigenvalue weighted by Gasteiger charge is -2.36. The topological polar surface area (TPSA) is 100 Å². The van der Waals surface area contributed by atoms with Gasteiger partial charge in [-0.15, -0.1) is 11.3 Å². The molecule has 9 heteroatoms. The third-order valence-corrected chi connectivity index (χ3v) is 11.9. The van der Waals surface area contributed by atoms with Gasteiger partial charge in [0.1, 0.15) is 11.6 Å². The fourth-order valence-corrected chi connectivity index (χ4v) is 8.80. The summed E-state index contributed by atoms with van der Waals surface area (Å²) in [6, 6.07) is 15.3. The average Bonchev–Trinajstić information content (AvgIpc) is 3.60. The molecule has 0 atom stereocenters. The number of nitrogens with zero attached hydrogens (tertiary/aromatic N) is 3. The molecule has 3 fully saturated rings. The Balaban J connectivity index is 1.04. The van der Waals surface area contributed by atoms with Crippen LogP contribution >= 0.6 is 11.3 Å². The Hall–Kier alpha value is -3.98. The molecule has 252 valence electrons. The van der Waals surface area contributed by atoms with Crippen molar-refractivity contribution in [3.8, 4) is 16.2 Å². The number of nitrogens with one attached hydrogen (secondary N) is 2. The number of amides is 2. The quantitative estimate of drug-likeness (QED) is 0.169. The number of hydrogen-bond donors (Lipinski definition) is 2. The number of carbonyl (C=O) groups is 2. The van der Waals surface area contributed by atoms with E-state index in [1.807, 2.05) is 6.20 Å². The fraction of sp³-hybridized carbons (Fsp3) is 0.487. The van der Waals surface area contributed by atoms with E-state index in [9.17, 15) is 9.59 Å². The van der Waals surface area contributed by atoms with E-state index in [4.69, 9.17) is 9.72 Å². The molecule has 3 aliphatic carbocycles. The van der Waals surface area contributed by atoms with E-state index < -0.39 is 0 Å². The fourth-order valence-electron chi connectivity index (χ4n) is 7.71. The van der Waals surface area contributed by atoms with Gasteiger partial charge in [-0.3, -0.25) is 9.59 Å². The number of imidazole rings is 1. The number of rotatable bonds is 11. The van der Waals surface area contributed by atoms with E-state index in [0.29, 0.717) is 23.6 Å². The zero-order valence-corrected chi connectivity index (χ0v) is 28.9. The normalized spacial score (nSPS) is 22.6. The summed E-state index contributed by atoms with van der Waals surface area (Å²) < 4.78 is 5.49. The molecule has 2 heterocycles. The monoisotopic (exact) mass is 665 g/mol. The van der Waals surface area contributed by atoms with Crippen LogP contribution in [-0.4, -0.2) is 46.5 Å². The minimum atomic E-state index is -0.0460. The second-order valence-electron chi connectivity index (χ2n) is 14.1. The van der Waals surface area contributed by atoms with Gasteiger partial charge in [0, 0.05) is 48.7 Å². The van der Waals surface area contributed by atoms with Gasteiger partial charge in [0.25, 0.3) is 0 Å². The van der Waals surface area contributed by atoms with Crippen LogP contribution in [0.5, 0.6) is 5.75 Å². The molecule has 7 rings (SSSR count). The van der Waals surface area contributed by atoms with Crippen molar-refractivity contribution in [2.45, 2.75) is 95.4 Å². The molecular weight excluding hydrogens is 619 g/mol. The second-order valence-corrected chi connectivity index (χ2v) is 15.2. The van der Waals surface area contributed by atoms with Crippen LogP contribution in [0.4, 0.5) is 5.69 Å². The van der Waals surface area contributed by atoms with Crippen LogP contribution in [0.15, 0.2) is 61.1 Å². The standard InChI is InChI=1S/C39H47N5O3S/c1-25-20-30(14-17-34(25)47-2)27-8-6-26(7-9-27)24-44(33-5-3-4-31(21-33)35-23-42-38(48-35)28-10-11-28)39(46)29-12-15-32(16-13-29)43-37(45)22-36-40-18-19-41-36/h3-5,14,17-21,23,26-29,32H,6-13,15-16,22,24H2,1-2H3,(H,40,41)(H,43,45)/t26-,27-,29-,32-. The Morgan fingerprint density at radius 2 is 1.75 bits per heavy atom. The van der Waals surface area contributed by atoms with Crippen molar-refractivity contribution < 1.29 is 14.3 Å². The van der Waals surface area contributed by atoms with Gasteiger partial charge in [-0.05, 0) is 118 Å². The van der Waals surface area contributed by atoms with Crippen LogP contribution in [0.3, 0.4) is 0 Å². The molecule has 2 N–H and O–H groups in total. The van der Waals surface area contributed by atoms with Crippen LogP contribution in [-0.2, 0) is 16.0 Å². The van der Waals surface area contributed by atoms with E-state index in [2.05, 4.69) is 69.6 Å². The summed E-state index contributed by atoms with van der Waals surface area (Å²) >= 11 is 1.79. The van der Waals surface area contributed by atoms with Gasteiger partial charge < -0.3 is 19.9 Å². The molecule has 0 saturated heterocycles. The number of H-pyrrole nitrogens is 1. The van der Waals surface area contributed by atoms with Gasteiger partial charge in [-0.1, -0.05) is 24.3 Å². The Kier molecular flexibility index (Phi) is 9.93. The molecule has 2 aromatic heterocycles. The zero-order chi connectivity index (χ0) is 33.0. The number of anilines is 1. The molecule has 0 bridgehead atoms. The number of benzene rings is 2. The molecule has 4 aromatic rings. The van der Waals surface area contributed by atoms with E-state index in [0.717, 1.165) is 74.9 Å². The van der Waals surface area contributed by atoms with Crippen LogP contribution in [0.25, 0.3) is 10.4 Å². The summed E-state index contributed by atoms with van der Waals surface area (Å²) in [5.41, 5.74) is 4.71. The van der Waals surface area contributed by atoms with Crippen molar-refractivity contribution in [3.05, 3.63) is 83.0 Å². The van der Waals surface area contributed by atoms with Crippen molar-refractivity contribution in [1.29, 1.82) is 0 Å². The Morgan fingerprint density at radius 1 is 0.958 bits per heavy atom. The van der Waals surface area contributed by atoms with Gasteiger partial charge in [0.05, 0.1) is 23.4 Å². The lowest BCUT2D eigenvalue weighted by molar-refractivity contribution is -0.123. The molecule has 3 aliphatic rings. The highest BCUT2D eigenvalue weighted by atomic mass is 32.1. The molecule has 8 nitrogen and oxygen atoms in total. The number of ether oxygens (including phenoxy) is 1. The van der Waals surface area contributed by atoms with E-state index in [1.165, 1.54) is 33.9 Å². The number of methoxy groups -OCH3 is 1. The lowest BCUT2D eigenvalue weighted by atomic mass is 9.78. The largest absolute Gasteiger partial charge is 0.496 e. The minimum absolute atomic E-state index is 0.0218. The number of carbonyl (C=O) groups excluding carboxylic acids is 2. The number of aryl methyl sites for hydroxylation is 1. The first-order valence-electron chi connectivity index (χ1n) is 17.7. The number of aromatic amines is 1. The molecule has 48 heavy (non-hydrogen) atoms. The molecule has 0 aliphatic heterocycles. The second kappa shape index (κ2) is 14.6. The van der Waals surface area contributed by atoms with Gasteiger partial charge in [-0.25, -0.2) is 9.97 Å². The Labute approximate surface area is 287 Å². The molecule has 0 spiro atoms. The third-order valence-electron chi connectivity index (χ3n) is 10.7. The first kappa shape index (κ1) is 32.6. The average molecular weight is 666 g/mol. The lowest BCUT2D eigenvalue weighted by Crippen LogP contribution is -2.44. The zero-order valence-electron chi connectivity index (χ0n) is 28.1. The highest BCUT2D eigenvalue weighted by Crippen LogP contribution is 2.44.